The number of nitrogen functional groups attached to an aromatic ring is 1. The Morgan fingerprint density at radius 2 is 1.54 bits per heavy atom. The van der Waals surface area contributed by atoms with Gasteiger partial charge in [-0.25, -0.2) is 4.98 Å². The van der Waals surface area contributed by atoms with Crippen LogP contribution in [0.2, 0.25) is 0 Å². The van der Waals surface area contributed by atoms with Gasteiger partial charge in [0.1, 0.15) is 0 Å². The summed E-state index contributed by atoms with van der Waals surface area (Å²) in [5.74, 6) is 0.969. The fourth-order valence-electron chi connectivity index (χ4n) is 3.75. The van der Waals surface area contributed by atoms with Gasteiger partial charge in [0.25, 0.3) is 0 Å². The normalized spacial score (nSPS) is 11.0. The molecular weight excluding hydrogens is 412 g/mol. The molecule has 4 nitrogen and oxygen atoms in total. The van der Waals surface area contributed by atoms with Crippen LogP contribution in [0.25, 0.3) is 22.0 Å². The van der Waals surface area contributed by atoms with Gasteiger partial charge in [-0.2, -0.15) is 4.98 Å². The summed E-state index contributed by atoms with van der Waals surface area (Å²) >= 11 is 3.66. The zero-order chi connectivity index (χ0) is 19.8. The van der Waals surface area contributed by atoms with E-state index in [0.717, 1.165) is 28.0 Å². The molecule has 0 radical (unpaired) electrons. The van der Waals surface area contributed by atoms with Crippen molar-refractivity contribution in [2.45, 2.75) is 20.8 Å². The molecule has 2 N–H and O–H groups in total. The van der Waals surface area contributed by atoms with Crippen LogP contribution in [0.5, 0.6) is 0 Å². The first kappa shape index (κ1) is 18.4. The number of nitrogens with zero attached hydrogens (tertiary/aromatic N) is 3. The van der Waals surface area contributed by atoms with Crippen LogP contribution in [0.15, 0.2) is 60.7 Å². The van der Waals surface area contributed by atoms with Gasteiger partial charge in [-0.05, 0) is 67.3 Å². The number of hydrogen-bond donors (Lipinski definition) is 1. The Balaban J connectivity index is 1.94. The van der Waals surface area contributed by atoms with Gasteiger partial charge in [-0.1, -0.05) is 42.0 Å². The Labute approximate surface area is 173 Å². The van der Waals surface area contributed by atoms with E-state index in [9.17, 15) is 0 Å². The van der Waals surface area contributed by atoms with Crippen LogP contribution in [0, 0.1) is 20.8 Å². The zero-order valence-electron chi connectivity index (χ0n) is 16.1. The van der Waals surface area contributed by atoms with Crippen molar-refractivity contribution in [3.63, 3.8) is 0 Å². The van der Waals surface area contributed by atoms with E-state index in [1.807, 2.05) is 40.3 Å². The van der Waals surface area contributed by atoms with E-state index in [0.29, 0.717) is 0 Å². The average Bonchev–Trinajstić information content (AvgIpc) is 2.67. The third-order valence-corrected chi connectivity index (χ3v) is 5.57. The van der Waals surface area contributed by atoms with Crippen molar-refractivity contribution in [1.82, 2.24) is 9.97 Å². The summed E-state index contributed by atoms with van der Waals surface area (Å²) in [5, 5.41) is 0.937. The molecule has 0 atom stereocenters. The predicted molar refractivity (Wildman–Crippen MR) is 121 cm³/mol. The van der Waals surface area contributed by atoms with Crippen molar-refractivity contribution in [1.29, 1.82) is 0 Å². The second-order valence-corrected chi connectivity index (χ2v) is 7.74. The van der Waals surface area contributed by atoms with E-state index < -0.39 is 0 Å². The highest BCUT2D eigenvalue weighted by atomic mass is 79.9. The van der Waals surface area contributed by atoms with E-state index in [4.69, 9.17) is 5.73 Å². The molecule has 0 bridgehead atoms. The molecular formula is C23H21BrN4. The number of benzene rings is 3. The lowest BCUT2D eigenvalue weighted by atomic mass is 9.93. The lowest BCUT2D eigenvalue weighted by Crippen LogP contribution is -2.07. The van der Waals surface area contributed by atoms with Gasteiger partial charge in [0.15, 0.2) is 5.82 Å². The molecule has 0 unspecified atom stereocenters. The van der Waals surface area contributed by atoms with E-state index in [-0.39, 0.29) is 5.95 Å². The molecule has 28 heavy (non-hydrogen) atoms. The van der Waals surface area contributed by atoms with Gasteiger partial charge in [0.05, 0.1) is 27.4 Å². The number of aryl methyl sites for hydroxylation is 3. The first-order chi connectivity index (χ1) is 13.4. The maximum atomic E-state index is 5.98. The molecule has 4 aromatic rings. The number of rotatable bonds is 3. The largest absolute Gasteiger partial charge is 0.368 e. The molecule has 0 spiro atoms. The van der Waals surface area contributed by atoms with E-state index >= 15 is 0 Å². The Morgan fingerprint density at radius 3 is 2.21 bits per heavy atom. The van der Waals surface area contributed by atoms with Crippen LogP contribution >= 0.6 is 16.1 Å². The van der Waals surface area contributed by atoms with Gasteiger partial charge in [0.2, 0.25) is 5.95 Å². The van der Waals surface area contributed by atoms with Crippen LogP contribution in [0.4, 0.5) is 17.5 Å². The maximum Gasteiger partial charge on any atom is 0.222 e. The first-order valence-electron chi connectivity index (χ1n) is 9.10. The summed E-state index contributed by atoms with van der Waals surface area (Å²) in [6, 6.07) is 20.7. The molecule has 0 saturated carbocycles. The summed E-state index contributed by atoms with van der Waals surface area (Å²) in [4.78, 5) is 8.94. The molecule has 0 aliphatic heterocycles. The minimum Gasteiger partial charge on any atom is -0.368 e. The number of nitrogens with two attached hydrogens (primary N) is 1. The molecule has 1 heterocycles. The smallest absolute Gasteiger partial charge is 0.222 e. The van der Waals surface area contributed by atoms with Crippen molar-refractivity contribution < 1.29 is 0 Å². The topological polar surface area (TPSA) is 55.0 Å². The van der Waals surface area contributed by atoms with Crippen molar-refractivity contribution in [2.24, 2.45) is 0 Å². The van der Waals surface area contributed by atoms with Crippen LogP contribution in [-0.4, -0.2) is 9.97 Å². The Hall–Kier alpha value is -2.92. The molecule has 0 fully saturated rings. The highest BCUT2D eigenvalue weighted by Crippen LogP contribution is 2.36. The van der Waals surface area contributed by atoms with Crippen molar-refractivity contribution >= 4 is 44.5 Å². The number of aromatic nitrogens is 2. The predicted octanol–water partition coefficient (Wildman–Crippen LogP) is 6.25. The molecule has 0 aliphatic carbocycles. The SMILES string of the molecule is Cc1cc(C)c(-c2ccc3nc(N)nc(N(Br)c4ccccc4)c3c2)c(C)c1. The molecule has 140 valence electrons. The van der Waals surface area contributed by atoms with Gasteiger partial charge < -0.3 is 5.73 Å². The van der Waals surface area contributed by atoms with E-state index in [1.54, 1.807) is 0 Å². The van der Waals surface area contributed by atoms with Crippen molar-refractivity contribution in [2.75, 3.05) is 9.66 Å². The maximum absolute atomic E-state index is 5.98. The molecule has 0 saturated heterocycles. The quantitative estimate of drug-likeness (QED) is 0.388. The van der Waals surface area contributed by atoms with Gasteiger partial charge >= 0.3 is 0 Å². The second-order valence-electron chi connectivity index (χ2n) is 7.03. The molecule has 5 heteroatoms. The highest BCUT2D eigenvalue weighted by molar-refractivity contribution is 9.10. The van der Waals surface area contributed by atoms with Crippen molar-refractivity contribution in [3.05, 3.63) is 77.4 Å². The third-order valence-electron chi connectivity index (χ3n) is 4.83. The van der Waals surface area contributed by atoms with Crippen LogP contribution in [-0.2, 0) is 0 Å². The van der Waals surface area contributed by atoms with E-state index in [1.165, 1.54) is 22.3 Å². The number of halogens is 1. The van der Waals surface area contributed by atoms with Gasteiger partial charge in [-0.15, -0.1) is 0 Å². The Bertz CT molecular complexity index is 1150. The fraction of sp³-hybridized carbons (Fsp3) is 0.130. The number of fused-ring (bicyclic) bond motifs is 1. The monoisotopic (exact) mass is 432 g/mol. The first-order valence-corrected chi connectivity index (χ1v) is 9.81. The Kier molecular flexibility index (Phi) is 4.77. The fourth-order valence-corrected chi connectivity index (χ4v) is 4.26. The summed E-state index contributed by atoms with van der Waals surface area (Å²) in [6.45, 7) is 6.43. The molecule has 3 aromatic carbocycles. The third kappa shape index (κ3) is 3.34. The van der Waals surface area contributed by atoms with Gasteiger partial charge in [0, 0.05) is 5.39 Å². The zero-order valence-corrected chi connectivity index (χ0v) is 17.7. The molecule has 1 aromatic heterocycles. The lowest BCUT2D eigenvalue weighted by Gasteiger charge is -2.19. The van der Waals surface area contributed by atoms with Crippen LogP contribution < -0.4 is 9.66 Å². The van der Waals surface area contributed by atoms with E-state index in [2.05, 4.69) is 71.2 Å². The summed E-state index contributed by atoms with van der Waals surface area (Å²) in [5.41, 5.74) is 13.9. The molecule has 4 rings (SSSR count). The second kappa shape index (κ2) is 7.24. The summed E-state index contributed by atoms with van der Waals surface area (Å²) in [6.07, 6.45) is 0. The minimum absolute atomic E-state index is 0.248. The highest BCUT2D eigenvalue weighted by Gasteiger charge is 2.16. The van der Waals surface area contributed by atoms with Crippen LogP contribution in [0.3, 0.4) is 0 Å². The van der Waals surface area contributed by atoms with Crippen LogP contribution in [0.1, 0.15) is 16.7 Å². The molecule has 0 amide bonds. The number of anilines is 3. The Morgan fingerprint density at radius 1 is 0.857 bits per heavy atom. The molecule has 0 aliphatic rings. The standard InChI is InChI=1S/C23H21BrN4/c1-14-11-15(2)21(16(3)12-14)17-9-10-20-19(13-17)22(27-23(25)26-20)28(24)18-7-5-4-6-8-18/h4-13H,1-3H3,(H2,25,26,27). The van der Waals surface area contributed by atoms with Crippen molar-refractivity contribution in [3.8, 4) is 11.1 Å². The number of hydrogen-bond acceptors (Lipinski definition) is 4. The number of para-hydroxylation sites is 1. The summed E-state index contributed by atoms with van der Waals surface area (Å²) in [7, 11) is 0. The van der Waals surface area contributed by atoms with Gasteiger partial charge in [-0.3, -0.25) is 3.93 Å². The average molecular weight is 433 g/mol. The minimum atomic E-state index is 0.248. The lowest BCUT2D eigenvalue weighted by molar-refractivity contribution is 1.21. The summed E-state index contributed by atoms with van der Waals surface area (Å²) < 4.78 is 1.87.